The number of aromatic nitrogens is 3. The van der Waals surface area contributed by atoms with Gasteiger partial charge in [-0.1, -0.05) is 48.5 Å². The summed E-state index contributed by atoms with van der Waals surface area (Å²) in [5.74, 6) is -10.5. The van der Waals surface area contributed by atoms with Crippen molar-refractivity contribution >= 4 is 113 Å². The number of para-hydroxylation sites is 1. The molecule has 31 nitrogen and oxygen atoms in total. The second kappa shape index (κ2) is 33.0. The van der Waals surface area contributed by atoms with Crippen molar-refractivity contribution in [3.63, 3.8) is 0 Å². The molecule has 3 heterocycles. The van der Waals surface area contributed by atoms with Crippen LogP contribution in [0.4, 0.5) is 4.79 Å². The van der Waals surface area contributed by atoms with Crippen molar-refractivity contribution in [1.82, 2.24) is 62.4 Å². The predicted molar refractivity (Wildman–Crippen MR) is 316 cm³/mol. The average Bonchev–Trinajstić information content (AvgIpc) is 3.66. The number of carbonyl (C=O) groups is 11. The van der Waals surface area contributed by atoms with Gasteiger partial charge in [-0.15, -0.1) is 0 Å². The summed E-state index contributed by atoms with van der Waals surface area (Å²) in [4.78, 5) is 167. The number of H-pyrrole nitrogens is 2. The number of nitrogens with zero attached hydrogens (tertiary/aromatic N) is 4. The van der Waals surface area contributed by atoms with E-state index in [-0.39, 0.29) is 75.0 Å². The van der Waals surface area contributed by atoms with Gasteiger partial charge in [0.15, 0.2) is 11.9 Å². The summed E-state index contributed by atoms with van der Waals surface area (Å²) in [5, 5.41) is 30.8. The zero-order valence-corrected chi connectivity index (χ0v) is 47.7. The van der Waals surface area contributed by atoms with Gasteiger partial charge < -0.3 is 86.3 Å². The first kappa shape index (κ1) is 66.4. The van der Waals surface area contributed by atoms with Crippen LogP contribution in [0.1, 0.15) is 55.3 Å². The highest BCUT2D eigenvalue weighted by atomic mass is 32.1. The molecule has 0 saturated carbocycles. The summed E-state index contributed by atoms with van der Waals surface area (Å²) in [7, 11) is 0. The van der Waals surface area contributed by atoms with Crippen LogP contribution >= 0.6 is 25.3 Å². The fraction of sp³-hybridized carbons (Fsp3) is 0.423. The van der Waals surface area contributed by atoms with E-state index in [0.717, 1.165) is 10.9 Å². The van der Waals surface area contributed by atoms with Gasteiger partial charge in [0, 0.05) is 79.3 Å². The summed E-state index contributed by atoms with van der Waals surface area (Å²) < 4.78 is 0. The first-order chi connectivity index (χ1) is 40.6. The molecule has 2 aromatic carbocycles. The van der Waals surface area contributed by atoms with E-state index in [2.05, 4.69) is 92.7 Å². The minimum Gasteiger partial charge on any atom is -0.481 e. The molecule has 1 fully saturated rings. The van der Waals surface area contributed by atoms with Crippen molar-refractivity contribution < 1.29 is 57.8 Å². The molecule has 458 valence electrons. The number of aliphatic carboxylic acids is 1. The molecule has 2 aromatic heterocycles. The summed E-state index contributed by atoms with van der Waals surface area (Å²) in [6.45, 7) is -0.623. The minimum absolute atomic E-state index is 0.00686. The quantitative estimate of drug-likeness (QED) is 0.00679. The van der Waals surface area contributed by atoms with Crippen molar-refractivity contribution in [3.05, 3.63) is 90.1 Å². The fourth-order valence-corrected chi connectivity index (χ4v) is 9.30. The molecule has 5 rings (SSSR count). The maximum atomic E-state index is 14.7. The Hall–Kier alpha value is -9.40. The van der Waals surface area contributed by atoms with Crippen molar-refractivity contribution in [2.75, 3.05) is 31.1 Å². The summed E-state index contributed by atoms with van der Waals surface area (Å²) in [6, 6.07) is 3.45. The maximum absolute atomic E-state index is 14.7. The number of imidazole rings is 1. The molecule has 4 aromatic rings. The number of fused-ring (bicyclic) bond motifs is 1. The Bertz CT molecular complexity index is 3070. The number of amides is 11. The number of carbonyl (C=O) groups excluding carboxylic acids is 10. The van der Waals surface area contributed by atoms with Crippen molar-refractivity contribution in [3.8, 4) is 0 Å². The fourth-order valence-electron chi connectivity index (χ4n) is 8.77. The molecule has 8 atom stereocenters. The number of rotatable bonds is 35. The molecule has 21 N–H and O–H groups in total. The molecule has 1 aliphatic rings. The molecule has 1 aliphatic heterocycles. The number of aliphatic imine (C=N–C) groups is 2. The molecule has 0 aliphatic carbocycles. The molecular weight excluding hydrogens is 1150 g/mol. The highest BCUT2D eigenvalue weighted by Crippen LogP contribution is 2.20. The van der Waals surface area contributed by atoms with Gasteiger partial charge in [0.05, 0.1) is 6.33 Å². The third-order valence-electron chi connectivity index (χ3n) is 13.1. The van der Waals surface area contributed by atoms with E-state index < -0.39 is 133 Å². The van der Waals surface area contributed by atoms with Crippen LogP contribution in [0.3, 0.4) is 0 Å². The smallest absolute Gasteiger partial charge is 0.325 e. The highest BCUT2D eigenvalue weighted by molar-refractivity contribution is 7.80. The van der Waals surface area contributed by atoms with Gasteiger partial charge in [0.2, 0.25) is 47.3 Å². The topological polar surface area (TPSA) is 507 Å². The van der Waals surface area contributed by atoms with Crippen LogP contribution in [0.15, 0.2) is 83.3 Å². The normalized spacial score (nSPS) is 15.3. The van der Waals surface area contributed by atoms with Gasteiger partial charge in [-0.05, 0) is 49.3 Å². The third-order valence-corrected chi connectivity index (χ3v) is 13.9. The van der Waals surface area contributed by atoms with Crippen LogP contribution in [0.5, 0.6) is 0 Å². The Labute approximate surface area is 497 Å². The van der Waals surface area contributed by atoms with Crippen LogP contribution in [0.2, 0.25) is 0 Å². The van der Waals surface area contributed by atoms with Crippen molar-refractivity contribution in [2.45, 2.75) is 106 Å². The third kappa shape index (κ3) is 21.1. The number of thiol groups is 2. The first-order valence-electron chi connectivity index (χ1n) is 26.7. The van der Waals surface area contributed by atoms with Gasteiger partial charge in [0.1, 0.15) is 54.9 Å². The van der Waals surface area contributed by atoms with E-state index in [0.29, 0.717) is 28.1 Å². The van der Waals surface area contributed by atoms with Gasteiger partial charge in [-0.25, -0.2) is 9.78 Å². The van der Waals surface area contributed by atoms with Crippen LogP contribution in [-0.4, -0.2) is 182 Å². The van der Waals surface area contributed by atoms with Crippen LogP contribution in [0, 0.1) is 0 Å². The predicted octanol–water partition coefficient (Wildman–Crippen LogP) is -4.45. The van der Waals surface area contributed by atoms with Crippen LogP contribution in [0.25, 0.3) is 10.9 Å². The number of urea groups is 1. The summed E-state index contributed by atoms with van der Waals surface area (Å²) >= 11 is 8.31. The van der Waals surface area contributed by atoms with E-state index in [1.54, 1.807) is 54.7 Å². The Morgan fingerprint density at radius 1 is 0.624 bits per heavy atom. The molecule has 0 spiro atoms. The number of guanidine groups is 2. The number of aromatic amines is 2. The lowest BCUT2D eigenvalue weighted by molar-refractivity contribution is -0.138. The number of nitrogens with two attached hydrogens (primary N) is 5. The van der Waals surface area contributed by atoms with Gasteiger partial charge >= 0.3 is 12.0 Å². The lowest BCUT2D eigenvalue weighted by atomic mass is 10.0. The zero-order chi connectivity index (χ0) is 62.2. The zero-order valence-electron chi connectivity index (χ0n) is 46.0. The van der Waals surface area contributed by atoms with E-state index in [4.69, 9.17) is 28.7 Å². The van der Waals surface area contributed by atoms with Gasteiger partial charge in [0.25, 0.3) is 5.91 Å². The number of imide groups is 1. The Balaban J connectivity index is 1.38. The average molecular weight is 1220 g/mol. The molecule has 0 unspecified atom stereocenters. The molecule has 0 radical (unpaired) electrons. The van der Waals surface area contributed by atoms with Gasteiger partial charge in [-0.2, -0.15) is 25.3 Å². The summed E-state index contributed by atoms with van der Waals surface area (Å²) in [5.41, 5.74) is 29.5. The number of carboxylic acid groups (broad SMARTS) is 1. The van der Waals surface area contributed by atoms with Crippen LogP contribution < -0.4 is 71.2 Å². The first-order valence-corrected chi connectivity index (χ1v) is 28.0. The second-order valence-corrected chi connectivity index (χ2v) is 20.3. The second-order valence-electron chi connectivity index (χ2n) is 19.5. The van der Waals surface area contributed by atoms with Gasteiger partial charge in [-0.3, -0.25) is 62.8 Å². The Morgan fingerprint density at radius 2 is 1.15 bits per heavy atom. The van der Waals surface area contributed by atoms with E-state index in [1.807, 2.05) is 6.07 Å². The Morgan fingerprint density at radius 3 is 1.73 bits per heavy atom. The van der Waals surface area contributed by atoms with E-state index >= 15 is 0 Å². The molecule has 33 heteroatoms. The molecule has 0 bridgehead atoms. The number of hydrogen-bond acceptors (Lipinski definition) is 16. The standard InChI is InChI=1S/C52H71N19O12S2/c53-42(75)38(24-84)69-46(79)36(19-28-21-61-31-11-5-4-10-30(28)31)67-43(76)32(12-6-16-59-50(54)55)64-45(78)35(18-27-8-2-1-3-9-27)66-47(80)37(20-29-22-58-26-62-29)68-44(77)33(14-15-41(73)74)65-48(81)39(25-85)63-40(72)23-71-49(82)34(70-52(71)83)13-7-17-60-51(56)57/h1-5,8-11,21-22,26,32-39,61,84-85H,6-7,12-20,23-25H2,(H2,53,75)(H,58,62)(H,63,72)(H,64,78)(H,65,81)(H,66,80)(H,67,76)(H,68,77)(H,69,79)(H,70,83)(H,73,74)(H4,54,55,59)(H4,56,57,60)/t32-,33+,34+,35+,36-,37-,38-,39-/m1/s1. The van der Waals surface area contributed by atoms with Crippen molar-refractivity contribution in [2.24, 2.45) is 38.7 Å². The number of nitrogens with one attached hydrogen (secondary N) is 10. The SMILES string of the molecule is NC(=O)[C@@H](CS)NC(=O)[C@@H](Cc1c[nH]c2ccccc12)NC(=O)[C@@H](CCCN=C(N)N)NC(=O)[C@H](Cc1ccccc1)NC(=O)[C@@H](Cc1cnc[nH]1)NC(=O)[C@H](CCC(=O)O)NC(=O)[C@@H](CS)NC(=O)CN1C(=O)N[C@@H](CCCN=C(N)N)C1=O. The summed E-state index contributed by atoms with van der Waals surface area (Å²) in [6.07, 6.45) is 2.94. The number of carboxylic acids is 1. The lowest BCUT2D eigenvalue weighted by Gasteiger charge is -2.28. The molecule has 85 heavy (non-hydrogen) atoms. The monoisotopic (exact) mass is 1220 g/mol. The molecule has 1 saturated heterocycles. The molecule has 11 amide bonds. The minimum atomic E-state index is -1.69. The lowest BCUT2D eigenvalue weighted by Crippen LogP contribution is -2.61. The number of hydrogen-bond donors (Lipinski definition) is 18. The maximum Gasteiger partial charge on any atom is 0.325 e. The Kier molecular flexibility index (Phi) is 25.8. The van der Waals surface area contributed by atoms with E-state index in [1.165, 1.54) is 12.5 Å². The largest absolute Gasteiger partial charge is 0.481 e. The van der Waals surface area contributed by atoms with Crippen molar-refractivity contribution in [1.29, 1.82) is 0 Å². The number of primary amides is 1. The highest BCUT2D eigenvalue weighted by Gasteiger charge is 2.40. The molecular formula is C52H71N19O12S2. The van der Waals surface area contributed by atoms with Crippen LogP contribution in [-0.2, 0) is 67.2 Å². The number of benzene rings is 2. The van der Waals surface area contributed by atoms with E-state index in [9.17, 15) is 57.8 Å².